The van der Waals surface area contributed by atoms with Crippen LogP contribution < -0.4 is 10.2 Å². The summed E-state index contributed by atoms with van der Waals surface area (Å²) in [6.07, 6.45) is 3.73. The van der Waals surface area contributed by atoms with Crippen LogP contribution in [0.4, 0.5) is 5.13 Å². The van der Waals surface area contributed by atoms with Crippen molar-refractivity contribution in [2.75, 3.05) is 24.5 Å². The largest absolute Gasteiger partial charge is 0.336 e. The van der Waals surface area contributed by atoms with E-state index in [1.165, 1.54) is 5.01 Å². The molecule has 1 aliphatic heterocycles. The molecule has 1 aliphatic rings. The van der Waals surface area contributed by atoms with E-state index < -0.39 is 0 Å². The molecule has 6 heteroatoms. The number of nitrogens with zero attached hydrogens (tertiary/aromatic N) is 3. The van der Waals surface area contributed by atoms with Gasteiger partial charge >= 0.3 is 0 Å². The van der Waals surface area contributed by atoms with Crippen molar-refractivity contribution in [1.29, 1.82) is 0 Å². The molecule has 0 amide bonds. The highest BCUT2D eigenvalue weighted by Gasteiger charge is 2.27. The Balaban J connectivity index is 1.90. The van der Waals surface area contributed by atoms with Crippen molar-refractivity contribution in [2.45, 2.75) is 6.04 Å². The van der Waals surface area contributed by atoms with Gasteiger partial charge in [-0.15, -0.1) is 22.7 Å². The Bertz CT molecular complexity index is 383. The Morgan fingerprint density at radius 1 is 1.25 bits per heavy atom. The minimum absolute atomic E-state index is 0.333. The van der Waals surface area contributed by atoms with Crippen molar-refractivity contribution in [1.82, 2.24) is 15.3 Å². The van der Waals surface area contributed by atoms with Gasteiger partial charge in [0.05, 0.1) is 6.04 Å². The van der Waals surface area contributed by atoms with E-state index in [2.05, 4.69) is 20.2 Å². The third kappa shape index (κ3) is 1.83. The third-order valence-corrected chi connectivity index (χ3v) is 4.33. The number of aromatic nitrogens is 2. The van der Waals surface area contributed by atoms with Gasteiger partial charge in [0, 0.05) is 42.8 Å². The van der Waals surface area contributed by atoms with Gasteiger partial charge in [-0.25, -0.2) is 9.97 Å². The zero-order chi connectivity index (χ0) is 10.8. The first kappa shape index (κ1) is 10.2. The monoisotopic (exact) mass is 252 g/mol. The maximum Gasteiger partial charge on any atom is 0.185 e. The molecular formula is C10H12N4S2. The van der Waals surface area contributed by atoms with E-state index in [-0.39, 0.29) is 0 Å². The normalized spacial score (nSPS) is 21.2. The summed E-state index contributed by atoms with van der Waals surface area (Å²) in [5, 5.41) is 9.74. The number of anilines is 1. The van der Waals surface area contributed by atoms with Crippen LogP contribution in [0.5, 0.6) is 0 Å². The van der Waals surface area contributed by atoms with Crippen LogP contribution in [0.2, 0.25) is 0 Å². The first-order chi connectivity index (χ1) is 7.95. The molecule has 84 valence electrons. The molecule has 1 atom stereocenters. The molecule has 1 unspecified atom stereocenters. The zero-order valence-corrected chi connectivity index (χ0v) is 10.3. The lowest BCUT2D eigenvalue weighted by Crippen LogP contribution is -2.46. The van der Waals surface area contributed by atoms with E-state index in [0.29, 0.717) is 6.04 Å². The number of hydrogen-bond donors (Lipinski definition) is 1. The highest BCUT2D eigenvalue weighted by atomic mass is 32.1. The van der Waals surface area contributed by atoms with Crippen LogP contribution in [0, 0.1) is 0 Å². The summed E-state index contributed by atoms with van der Waals surface area (Å²) in [5.41, 5.74) is 0. The van der Waals surface area contributed by atoms with Crippen molar-refractivity contribution >= 4 is 27.8 Å². The fourth-order valence-corrected chi connectivity index (χ4v) is 3.38. The molecule has 0 saturated carbocycles. The van der Waals surface area contributed by atoms with Crippen LogP contribution in [-0.2, 0) is 0 Å². The molecule has 2 aromatic heterocycles. The second kappa shape index (κ2) is 4.48. The van der Waals surface area contributed by atoms with Crippen molar-refractivity contribution in [3.8, 4) is 0 Å². The van der Waals surface area contributed by atoms with Crippen molar-refractivity contribution in [3.05, 3.63) is 28.2 Å². The summed E-state index contributed by atoms with van der Waals surface area (Å²) in [7, 11) is 0. The minimum atomic E-state index is 0.333. The average molecular weight is 252 g/mol. The topological polar surface area (TPSA) is 41.0 Å². The van der Waals surface area contributed by atoms with Crippen LogP contribution in [0.1, 0.15) is 11.0 Å². The maximum atomic E-state index is 4.41. The standard InChI is InChI=1S/C10H12N4S2/c1-4-14(10-13-3-6-16-10)8(7-11-1)9-12-2-5-15-9/h2-3,5-6,8,11H,1,4,7H2. The van der Waals surface area contributed by atoms with E-state index in [9.17, 15) is 0 Å². The van der Waals surface area contributed by atoms with Gasteiger partial charge in [-0.1, -0.05) is 0 Å². The number of thiazole rings is 2. The average Bonchev–Trinajstić information content (AvgIpc) is 3.03. The lowest BCUT2D eigenvalue weighted by molar-refractivity contribution is 0.488. The molecule has 0 spiro atoms. The number of rotatable bonds is 2. The van der Waals surface area contributed by atoms with Crippen molar-refractivity contribution in [2.24, 2.45) is 0 Å². The van der Waals surface area contributed by atoms with Gasteiger partial charge in [0.1, 0.15) is 5.01 Å². The molecule has 2 aromatic rings. The molecule has 1 saturated heterocycles. The minimum Gasteiger partial charge on any atom is -0.336 e. The van der Waals surface area contributed by atoms with Crippen molar-refractivity contribution < 1.29 is 0 Å². The Hall–Kier alpha value is -0.980. The van der Waals surface area contributed by atoms with Crippen LogP contribution >= 0.6 is 22.7 Å². The van der Waals surface area contributed by atoms with Crippen molar-refractivity contribution in [3.63, 3.8) is 0 Å². The third-order valence-electron chi connectivity index (χ3n) is 2.64. The van der Waals surface area contributed by atoms with Gasteiger partial charge in [-0.2, -0.15) is 0 Å². The molecule has 1 fully saturated rings. The van der Waals surface area contributed by atoms with Gasteiger partial charge in [-0.3, -0.25) is 0 Å². The van der Waals surface area contributed by atoms with Crippen LogP contribution in [0.3, 0.4) is 0 Å². The second-order valence-corrected chi connectivity index (χ2v) is 5.40. The molecule has 16 heavy (non-hydrogen) atoms. The number of hydrogen-bond acceptors (Lipinski definition) is 6. The molecule has 0 bridgehead atoms. The number of nitrogens with one attached hydrogen (secondary N) is 1. The summed E-state index contributed by atoms with van der Waals surface area (Å²) < 4.78 is 0. The predicted molar refractivity (Wildman–Crippen MR) is 67.2 cm³/mol. The second-order valence-electron chi connectivity index (χ2n) is 3.60. The summed E-state index contributed by atoms with van der Waals surface area (Å²) in [6.45, 7) is 2.96. The Morgan fingerprint density at radius 3 is 2.88 bits per heavy atom. The van der Waals surface area contributed by atoms with E-state index in [4.69, 9.17) is 0 Å². The van der Waals surface area contributed by atoms with E-state index >= 15 is 0 Å². The smallest absolute Gasteiger partial charge is 0.185 e. The SMILES string of the molecule is c1csc(C2CNCCN2c2nccs2)n1. The molecule has 1 N–H and O–H groups in total. The van der Waals surface area contributed by atoms with E-state index in [0.717, 1.165) is 24.8 Å². The maximum absolute atomic E-state index is 4.41. The van der Waals surface area contributed by atoms with Gasteiger partial charge in [0.2, 0.25) is 0 Å². The Labute approximate surface area is 102 Å². The molecule has 0 aromatic carbocycles. The van der Waals surface area contributed by atoms with Crippen LogP contribution in [0.25, 0.3) is 0 Å². The Kier molecular flexibility index (Phi) is 2.86. The van der Waals surface area contributed by atoms with Gasteiger partial charge < -0.3 is 10.2 Å². The van der Waals surface area contributed by atoms with E-state index in [1.807, 2.05) is 23.2 Å². The lowest BCUT2D eigenvalue weighted by atomic mass is 10.2. The lowest BCUT2D eigenvalue weighted by Gasteiger charge is -2.34. The molecule has 4 nitrogen and oxygen atoms in total. The summed E-state index contributed by atoms with van der Waals surface area (Å²) in [5.74, 6) is 0. The Morgan fingerprint density at radius 2 is 2.12 bits per heavy atom. The van der Waals surface area contributed by atoms with E-state index in [1.54, 1.807) is 22.7 Å². The quantitative estimate of drug-likeness (QED) is 0.884. The molecule has 0 aliphatic carbocycles. The fraction of sp³-hybridized carbons (Fsp3) is 0.400. The van der Waals surface area contributed by atoms with Gasteiger partial charge in [0.25, 0.3) is 0 Å². The van der Waals surface area contributed by atoms with Crippen LogP contribution in [-0.4, -0.2) is 29.6 Å². The highest BCUT2D eigenvalue weighted by molar-refractivity contribution is 7.13. The molecule has 3 heterocycles. The molecular weight excluding hydrogens is 240 g/mol. The molecule has 0 radical (unpaired) electrons. The molecule has 3 rings (SSSR count). The first-order valence-electron chi connectivity index (χ1n) is 5.21. The first-order valence-corrected chi connectivity index (χ1v) is 6.97. The summed E-state index contributed by atoms with van der Waals surface area (Å²) in [6, 6.07) is 0.333. The summed E-state index contributed by atoms with van der Waals surface area (Å²) in [4.78, 5) is 11.2. The van der Waals surface area contributed by atoms with Gasteiger partial charge in [-0.05, 0) is 0 Å². The van der Waals surface area contributed by atoms with Gasteiger partial charge in [0.15, 0.2) is 5.13 Å². The number of piperazine rings is 1. The zero-order valence-electron chi connectivity index (χ0n) is 8.67. The highest BCUT2D eigenvalue weighted by Crippen LogP contribution is 2.30. The predicted octanol–water partition coefficient (Wildman–Crippen LogP) is 1.75. The fourth-order valence-electron chi connectivity index (χ4n) is 1.91. The summed E-state index contributed by atoms with van der Waals surface area (Å²) >= 11 is 3.41. The van der Waals surface area contributed by atoms with Crippen LogP contribution in [0.15, 0.2) is 23.2 Å².